The topological polar surface area (TPSA) is 29.1 Å². The van der Waals surface area contributed by atoms with E-state index in [1.54, 1.807) is 6.07 Å². The molecular formula is C10H10FNO. The highest BCUT2D eigenvalue weighted by atomic mass is 19.1. The van der Waals surface area contributed by atoms with Crippen molar-refractivity contribution in [1.29, 1.82) is 0 Å². The number of halogens is 1. The molecule has 3 heteroatoms. The molecule has 1 aliphatic rings. The van der Waals surface area contributed by atoms with Crippen LogP contribution in [0.3, 0.4) is 0 Å². The summed E-state index contributed by atoms with van der Waals surface area (Å²) in [5, 5.41) is 2.78. The lowest BCUT2D eigenvalue weighted by molar-refractivity contribution is 0.0940. The fourth-order valence-corrected chi connectivity index (χ4v) is 1.67. The van der Waals surface area contributed by atoms with Crippen LogP contribution in [-0.2, 0) is 5.54 Å². The van der Waals surface area contributed by atoms with E-state index >= 15 is 0 Å². The van der Waals surface area contributed by atoms with E-state index in [-0.39, 0.29) is 17.3 Å². The molecule has 0 unspecified atom stereocenters. The van der Waals surface area contributed by atoms with Gasteiger partial charge in [-0.05, 0) is 31.5 Å². The maximum Gasteiger partial charge on any atom is 0.252 e. The molecule has 1 N–H and O–H groups in total. The number of carbonyl (C=O) groups is 1. The van der Waals surface area contributed by atoms with E-state index in [9.17, 15) is 9.18 Å². The largest absolute Gasteiger partial charge is 0.343 e. The van der Waals surface area contributed by atoms with Crippen molar-refractivity contribution in [1.82, 2.24) is 5.32 Å². The number of rotatable bonds is 0. The van der Waals surface area contributed by atoms with Gasteiger partial charge in [0.15, 0.2) is 0 Å². The van der Waals surface area contributed by atoms with Crippen LogP contribution in [0.15, 0.2) is 18.2 Å². The highest BCUT2D eigenvalue weighted by Gasteiger charge is 2.34. The Morgan fingerprint density at radius 2 is 2.08 bits per heavy atom. The molecule has 2 rings (SSSR count). The summed E-state index contributed by atoms with van der Waals surface area (Å²) in [7, 11) is 0. The number of nitrogens with one attached hydrogen (secondary N) is 1. The smallest absolute Gasteiger partial charge is 0.252 e. The second-order valence-corrected chi connectivity index (χ2v) is 3.77. The van der Waals surface area contributed by atoms with Gasteiger partial charge >= 0.3 is 0 Å². The molecule has 68 valence electrons. The van der Waals surface area contributed by atoms with Crippen LogP contribution >= 0.6 is 0 Å². The van der Waals surface area contributed by atoms with E-state index in [4.69, 9.17) is 0 Å². The van der Waals surface area contributed by atoms with Crippen molar-refractivity contribution in [3.8, 4) is 0 Å². The number of benzene rings is 1. The molecule has 13 heavy (non-hydrogen) atoms. The van der Waals surface area contributed by atoms with Gasteiger partial charge in [-0.2, -0.15) is 0 Å². The Labute approximate surface area is 75.8 Å². The van der Waals surface area contributed by atoms with Gasteiger partial charge in [0.25, 0.3) is 5.91 Å². The second kappa shape index (κ2) is 2.31. The third-order valence-corrected chi connectivity index (χ3v) is 2.33. The molecule has 2 nitrogen and oxygen atoms in total. The molecule has 1 aromatic rings. The number of fused-ring (bicyclic) bond motifs is 1. The average Bonchev–Trinajstić information content (AvgIpc) is 2.22. The molecule has 1 aliphatic heterocycles. The maximum absolute atomic E-state index is 12.8. The van der Waals surface area contributed by atoms with Gasteiger partial charge in [-0.3, -0.25) is 4.79 Å². The summed E-state index contributed by atoms with van der Waals surface area (Å²) in [6, 6.07) is 4.31. The summed E-state index contributed by atoms with van der Waals surface area (Å²) in [6.45, 7) is 3.79. The first-order chi connectivity index (χ1) is 6.00. The summed E-state index contributed by atoms with van der Waals surface area (Å²) in [6.07, 6.45) is 0. The highest BCUT2D eigenvalue weighted by Crippen LogP contribution is 2.30. The quantitative estimate of drug-likeness (QED) is 0.646. The molecule has 0 radical (unpaired) electrons. The zero-order valence-electron chi connectivity index (χ0n) is 7.52. The Hall–Kier alpha value is -1.38. The van der Waals surface area contributed by atoms with Crippen molar-refractivity contribution in [2.45, 2.75) is 19.4 Å². The van der Waals surface area contributed by atoms with Gasteiger partial charge in [0, 0.05) is 5.56 Å². The molecule has 1 aromatic carbocycles. The SMILES string of the molecule is CC1(C)NC(=O)c2cc(F)ccc21. The maximum atomic E-state index is 12.8. The predicted octanol–water partition coefficient (Wildman–Crippen LogP) is 1.80. The van der Waals surface area contributed by atoms with Gasteiger partial charge in [0.2, 0.25) is 0 Å². The minimum Gasteiger partial charge on any atom is -0.343 e. The van der Waals surface area contributed by atoms with Crippen LogP contribution in [0.2, 0.25) is 0 Å². The van der Waals surface area contributed by atoms with Crippen LogP contribution in [-0.4, -0.2) is 5.91 Å². The number of hydrogen-bond donors (Lipinski definition) is 1. The van der Waals surface area contributed by atoms with Gasteiger partial charge in [0.05, 0.1) is 5.54 Å². The van der Waals surface area contributed by atoms with Crippen molar-refractivity contribution >= 4 is 5.91 Å². The molecule has 0 saturated heterocycles. The lowest BCUT2D eigenvalue weighted by atomic mass is 9.95. The van der Waals surface area contributed by atoms with Crippen LogP contribution < -0.4 is 5.32 Å². The molecular weight excluding hydrogens is 169 g/mol. The highest BCUT2D eigenvalue weighted by molar-refractivity contribution is 5.99. The van der Waals surface area contributed by atoms with Crippen LogP contribution in [0.4, 0.5) is 4.39 Å². The Balaban J connectivity index is 2.66. The van der Waals surface area contributed by atoms with Crippen LogP contribution in [0.5, 0.6) is 0 Å². The summed E-state index contributed by atoms with van der Waals surface area (Å²) in [5.74, 6) is -0.564. The Morgan fingerprint density at radius 3 is 2.77 bits per heavy atom. The van der Waals surface area contributed by atoms with Crippen molar-refractivity contribution in [2.24, 2.45) is 0 Å². The van der Waals surface area contributed by atoms with E-state index in [1.807, 2.05) is 13.8 Å². The van der Waals surface area contributed by atoms with Gasteiger partial charge in [-0.15, -0.1) is 0 Å². The van der Waals surface area contributed by atoms with E-state index in [1.165, 1.54) is 12.1 Å². The lowest BCUT2D eigenvalue weighted by Crippen LogP contribution is -2.32. The first kappa shape index (κ1) is 8.23. The molecule has 0 aromatic heterocycles. The van der Waals surface area contributed by atoms with Crippen LogP contribution in [0, 0.1) is 5.82 Å². The summed E-state index contributed by atoms with van der Waals surface area (Å²) >= 11 is 0. The molecule has 0 bridgehead atoms. The molecule has 0 spiro atoms. The van der Waals surface area contributed by atoms with Gasteiger partial charge in [0.1, 0.15) is 5.82 Å². The van der Waals surface area contributed by atoms with Gasteiger partial charge in [-0.1, -0.05) is 6.07 Å². The van der Waals surface area contributed by atoms with Crippen molar-refractivity contribution in [2.75, 3.05) is 0 Å². The summed E-state index contributed by atoms with van der Waals surface area (Å²) < 4.78 is 12.8. The Bertz CT molecular complexity index is 385. The zero-order chi connectivity index (χ0) is 9.64. The molecule has 0 fully saturated rings. The third kappa shape index (κ3) is 1.11. The van der Waals surface area contributed by atoms with E-state index in [0.717, 1.165) is 5.56 Å². The van der Waals surface area contributed by atoms with Crippen LogP contribution in [0.1, 0.15) is 29.8 Å². The van der Waals surface area contributed by atoms with Crippen molar-refractivity contribution in [3.63, 3.8) is 0 Å². The average molecular weight is 179 g/mol. The molecule has 1 heterocycles. The fourth-order valence-electron chi connectivity index (χ4n) is 1.67. The second-order valence-electron chi connectivity index (χ2n) is 3.77. The Morgan fingerprint density at radius 1 is 1.38 bits per heavy atom. The minimum atomic E-state index is -0.375. The Kier molecular flexibility index (Phi) is 1.46. The normalized spacial score (nSPS) is 18.2. The third-order valence-electron chi connectivity index (χ3n) is 2.33. The summed E-state index contributed by atoms with van der Waals surface area (Å²) in [4.78, 5) is 11.4. The lowest BCUT2D eigenvalue weighted by Gasteiger charge is -2.18. The van der Waals surface area contributed by atoms with Crippen molar-refractivity contribution in [3.05, 3.63) is 35.1 Å². The standard InChI is InChI=1S/C10H10FNO/c1-10(2)8-4-3-6(11)5-7(8)9(13)12-10/h3-5H,1-2H3,(H,12,13). The molecule has 0 saturated carbocycles. The minimum absolute atomic E-state index is 0.195. The van der Waals surface area contributed by atoms with Gasteiger partial charge < -0.3 is 5.32 Å². The van der Waals surface area contributed by atoms with E-state index < -0.39 is 0 Å². The summed E-state index contributed by atoms with van der Waals surface area (Å²) in [5.41, 5.74) is 0.934. The monoisotopic (exact) mass is 179 g/mol. The van der Waals surface area contributed by atoms with E-state index in [0.29, 0.717) is 5.56 Å². The van der Waals surface area contributed by atoms with Crippen LogP contribution in [0.25, 0.3) is 0 Å². The number of amides is 1. The first-order valence-corrected chi connectivity index (χ1v) is 4.13. The molecule has 0 aliphatic carbocycles. The molecule has 1 amide bonds. The first-order valence-electron chi connectivity index (χ1n) is 4.13. The predicted molar refractivity (Wildman–Crippen MR) is 46.9 cm³/mol. The molecule has 0 atom stereocenters. The van der Waals surface area contributed by atoms with E-state index in [2.05, 4.69) is 5.32 Å². The number of carbonyl (C=O) groups excluding carboxylic acids is 1. The zero-order valence-corrected chi connectivity index (χ0v) is 7.52. The van der Waals surface area contributed by atoms with Crippen molar-refractivity contribution < 1.29 is 9.18 Å². The fraction of sp³-hybridized carbons (Fsp3) is 0.300. The number of hydrogen-bond acceptors (Lipinski definition) is 1. The van der Waals surface area contributed by atoms with Gasteiger partial charge in [-0.25, -0.2) is 4.39 Å².